The Morgan fingerprint density at radius 1 is 0.879 bits per heavy atom. The molecule has 0 radical (unpaired) electrons. The van der Waals surface area contributed by atoms with Crippen LogP contribution < -0.4 is 24.4 Å². The van der Waals surface area contributed by atoms with Crippen molar-refractivity contribution >= 4 is 28.5 Å². The molecule has 4 rings (SSSR count). The van der Waals surface area contributed by atoms with Gasteiger partial charge < -0.3 is 23.4 Å². The predicted octanol–water partition coefficient (Wildman–Crippen LogP) is 5.36. The highest BCUT2D eigenvalue weighted by atomic mass is 35.5. The van der Waals surface area contributed by atoms with Gasteiger partial charge in [-0.3, -0.25) is 4.79 Å². The van der Waals surface area contributed by atoms with E-state index >= 15 is 0 Å². The number of fused-ring (bicyclic) bond motifs is 1. The Balaban J connectivity index is 1.72. The molecule has 0 aliphatic rings. The molecule has 3 aromatic carbocycles. The highest BCUT2D eigenvalue weighted by molar-refractivity contribution is 6.33. The standard InChI is InChI=1S/C25H19ClO7/c1-29-22-10-14(11-23(30-2)24(22)31-3)21-13-19(27)17-12-15(8-9-20(17)33-21)32-25(28)16-6-4-5-7-18(16)26/h4-13H,1-3H3. The van der Waals surface area contributed by atoms with Crippen molar-refractivity contribution in [2.24, 2.45) is 0 Å². The Bertz CT molecular complexity index is 1380. The number of esters is 1. The zero-order valence-electron chi connectivity index (χ0n) is 18.0. The van der Waals surface area contributed by atoms with Gasteiger partial charge in [0.1, 0.15) is 17.1 Å². The predicted molar refractivity (Wildman–Crippen MR) is 124 cm³/mol. The average molecular weight is 467 g/mol. The highest BCUT2D eigenvalue weighted by Crippen LogP contribution is 2.41. The van der Waals surface area contributed by atoms with E-state index < -0.39 is 5.97 Å². The molecule has 0 aliphatic carbocycles. The van der Waals surface area contributed by atoms with Crippen molar-refractivity contribution in [1.82, 2.24) is 0 Å². The van der Waals surface area contributed by atoms with E-state index in [1.54, 1.807) is 48.5 Å². The maximum Gasteiger partial charge on any atom is 0.345 e. The second-order valence-corrected chi connectivity index (χ2v) is 7.32. The van der Waals surface area contributed by atoms with E-state index in [2.05, 4.69) is 0 Å². The Morgan fingerprint density at radius 2 is 1.58 bits per heavy atom. The molecule has 168 valence electrons. The smallest absolute Gasteiger partial charge is 0.345 e. The van der Waals surface area contributed by atoms with Crippen molar-refractivity contribution in [2.75, 3.05) is 21.3 Å². The number of carbonyl (C=O) groups excluding carboxylic acids is 1. The number of methoxy groups -OCH3 is 3. The number of hydrogen-bond donors (Lipinski definition) is 0. The third kappa shape index (κ3) is 4.36. The van der Waals surface area contributed by atoms with Crippen molar-refractivity contribution < 1.29 is 28.2 Å². The first-order valence-corrected chi connectivity index (χ1v) is 10.2. The summed E-state index contributed by atoms with van der Waals surface area (Å²) in [6, 6.07) is 15.8. The fraction of sp³-hybridized carbons (Fsp3) is 0.120. The zero-order chi connectivity index (χ0) is 23.5. The lowest BCUT2D eigenvalue weighted by molar-refractivity contribution is 0.0735. The van der Waals surface area contributed by atoms with Crippen molar-refractivity contribution in [3.8, 4) is 34.3 Å². The lowest BCUT2D eigenvalue weighted by Gasteiger charge is -2.14. The molecular formula is C25H19ClO7. The van der Waals surface area contributed by atoms with Gasteiger partial charge in [0, 0.05) is 11.6 Å². The molecule has 0 bridgehead atoms. The van der Waals surface area contributed by atoms with Gasteiger partial charge in [0.2, 0.25) is 5.75 Å². The Kier molecular flexibility index (Phi) is 6.24. The largest absolute Gasteiger partial charge is 0.493 e. The van der Waals surface area contributed by atoms with Crippen LogP contribution in [0.3, 0.4) is 0 Å². The average Bonchev–Trinajstić information content (AvgIpc) is 2.83. The topological polar surface area (TPSA) is 84.2 Å². The normalized spacial score (nSPS) is 10.7. The van der Waals surface area contributed by atoms with E-state index in [0.29, 0.717) is 34.2 Å². The zero-order valence-corrected chi connectivity index (χ0v) is 18.8. The number of halogens is 1. The lowest BCUT2D eigenvalue weighted by Crippen LogP contribution is -2.09. The van der Waals surface area contributed by atoms with Crippen LogP contribution in [0.5, 0.6) is 23.0 Å². The van der Waals surface area contributed by atoms with Gasteiger partial charge in [0.05, 0.1) is 37.3 Å². The van der Waals surface area contributed by atoms with Crippen molar-refractivity contribution in [3.63, 3.8) is 0 Å². The first-order chi connectivity index (χ1) is 15.9. The summed E-state index contributed by atoms with van der Waals surface area (Å²) in [5.41, 5.74) is 0.807. The van der Waals surface area contributed by atoms with Crippen LogP contribution in [0.1, 0.15) is 10.4 Å². The maximum absolute atomic E-state index is 12.9. The molecule has 0 fully saturated rings. The lowest BCUT2D eigenvalue weighted by atomic mass is 10.1. The third-order valence-corrected chi connectivity index (χ3v) is 5.28. The summed E-state index contributed by atoms with van der Waals surface area (Å²) in [5, 5.41) is 0.536. The summed E-state index contributed by atoms with van der Waals surface area (Å²) in [6.07, 6.45) is 0. The fourth-order valence-electron chi connectivity index (χ4n) is 3.35. The molecule has 7 nitrogen and oxygen atoms in total. The van der Waals surface area contributed by atoms with E-state index in [4.69, 9.17) is 35.0 Å². The molecule has 0 atom stereocenters. The molecule has 0 spiro atoms. The number of rotatable bonds is 6. The van der Waals surface area contributed by atoms with Gasteiger partial charge in [-0.2, -0.15) is 0 Å². The minimum atomic E-state index is -0.626. The Morgan fingerprint density at radius 3 is 2.21 bits per heavy atom. The quantitative estimate of drug-likeness (QED) is 0.279. The molecule has 1 heterocycles. The molecular weight excluding hydrogens is 448 g/mol. The molecule has 0 unspecified atom stereocenters. The van der Waals surface area contributed by atoms with Crippen molar-refractivity contribution in [1.29, 1.82) is 0 Å². The number of hydrogen-bond acceptors (Lipinski definition) is 7. The maximum atomic E-state index is 12.9. The van der Waals surface area contributed by atoms with Gasteiger partial charge in [-0.15, -0.1) is 0 Å². The second kappa shape index (κ2) is 9.26. The molecule has 8 heteroatoms. The molecule has 0 saturated carbocycles. The summed E-state index contributed by atoms with van der Waals surface area (Å²) >= 11 is 6.05. The van der Waals surface area contributed by atoms with Crippen LogP contribution in [0, 0.1) is 0 Å². The fourth-order valence-corrected chi connectivity index (χ4v) is 3.57. The van der Waals surface area contributed by atoms with Crippen LogP contribution >= 0.6 is 11.6 Å². The SMILES string of the molecule is COc1cc(-c2cc(=O)c3cc(OC(=O)c4ccccc4Cl)ccc3o2)cc(OC)c1OC. The Hall–Kier alpha value is -3.97. The Labute approximate surface area is 194 Å². The van der Waals surface area contributed by atoms with Gasteiger partial charge in [-0.05, 0) is 42.5 Å². The molecule has 0 N–H and O–H groups in total. The van der Waals surface area contributed by atoms with Crippen LogP contribution in [0.15, 0.2) is 69.9 Å². The first-order valence-electron chi connectivity index (χ1n) is 9.80. The van der Waals surface area contributed by atoms with Crippen LogP contribution in [0.25, 0.3) is 22.3 Å². The van der Waals surface area contributed by atoms with Crippen LogP contribution in [-0.2, 0) is 0 Å². The van der Waals surface area contributed by atoms with E-state index in [1.165, 1.54) is 33.5 Å². The summed E-state index contributed by atoms with van der Waals surface area (Å²) in [5.74, 6) is 1.16. The van der Waals surface area contributed by atoms with E-state index in [-0.39, 0.29) is 27.2 Å². The van der Waals surface area contributed by atoms with Gasteiger partial charge >= 0.3 is 5.97 Å². The summed E-state index contributed by atoms with van der Waals surface area (Å²) in [7, 11) is 4.51. The van der Waals surface area contributed by atoms with Gasteiger partial charge in [-0.1, -0.05) is 23.7 Å². The molecule has 1 aromatic heterocycles. The molecule has 0 saturated heterocycles. The second-order valence-electron chi connectivity index (χ2n) is 6.92. The van der Waals surface area contributed by atoms with Gasteiger partial charge in [-0.25, -0.2) is 4.79 Å². The monoisotopic (exact) mass is 466 g/mol. The first kappa shape index (κ1) is 22.2. The summed E-state index contributed by atoms with van der Waals surface area (Å²) < 4.78 is 27.4. The highest BCUT2D eigenvalue weighted by Gasteiger charge is 2.17. The van der Waals surface area contributed by atoms with E-state index in [9.17, 15) is 9.59 Å². The summed E-state index contributed by atoms with van der Waals surface area (Å²) in [6.45, 7) is 0. The third-order valence-electron chi connectivity index (χ3n) is 4.95. The van der Waals surface area contributed by atoms with Crippen molar-refractivity contribution in [2.45, 2.75) is 0 Å². The minimum absolute atomic E-state index is 0.195. The summed E-state index contributed by atoms with van der Waals surface area (Å²) in [4.78, 5) is 25.3. The number of ether oxygens (including phenoxy) is 4. The molecule has 0 aliphatic heterocycles. The van der Waals surface area contributed by atoms with Crippen molar-refractivity contribution in [3.05, 3.63) is 81.5 Å². The number of carbonyl (C=O) groups is 1. The molecule has 4 aromatic rings. The van der Waals surface area contributed by atoms with E-state index in [0.717, 1.165) is 0 Å². The number of benzene rings is 3. The molecule has 33 heavy (non-hydrogen) atoms. The van der Waals surface area contributed by atoms with Crippen LogP contribution in [-0.4, -0.2) is 27.3 Å². The van der Waals surface area contributed by atoms with Crippen LogP contribution in [0.4, 0.5) is 0 Å². The van der Waals surface area contributed by atoms with Gasteiger partial charge in [0.15, 0.2) is 16.9 Å². The molecule has 0 amide bonds. The van der Waals surface area contributed by atoms with Gasteiger partial charge in [0.25, 0.3) is 0 Å². The van der Waals surface area contributed by atoms with Crippen LogP contribution in [0.2, 0.25) is 5.02 Å². The van der Waals surface area contributed by atoms with E-state index in [1.807, 2.05) is 0 Å². The minimum Gasteiger partial charge on any atom is -0.493 e.